The largest absolute Gasteiger partial charge is 0.395 e. The Kier molecular flexibility index (Phi) is 4.99. The van der Waals surface area contributed by atoms with Crippen LogP contribution in [-0.2, 0) is 11.3 Å². The van der Waals surface area contributed by atoms with Crippen molar-refractivity contribution in [2.24, 2.45) is 5.92 Å². The van der Waals surface area contributed by atoms with E-state index in [0.717, 1.165) is 22.6 Å². The maximum atomic E-state index is 12.8. The summed E-state index contributed by atoms with van der Waals surface area (Å²) in [6, 6.07) is 17.6. The average molecular weight is 330 g/mol. The standard InChI is InChI=1S/C19H20ClNO2/c20-18-9-5-4-8-15(18)16-12-17(16)19(23)21(10-11-22)13-14-6-2-1-3-7-14/h1-9,16-17,22H,10-13H2. The maximum Gasteiger partial charge on any atom is 0.226 e. The fourth-order valence-electron chi connectivity index (χ4n) is 3.01. The van der Waals surface area contributed by atoms with E-state index in [2.05, 4.69) is 0 Å². The number of rotatable bonds is 6. The van der Waals surface area contributed by atoms with Crippen LogP contribution in [0.25, 0.3) is 0 Å². The number of benzene rings is 2. The first-order valence-electron chi connectivity index (χ1n) is 7.88. The molecule has 2 atom stereocenters. The van der Waals surface area contributed by atoms with Crippen molar-refractivity contribution in [3.05, 3.63) is 70.7 Å². The van der Waals surface area contributed by atoms with E-state index in [9.17, 15) is 9.90 Å². The molecule has 0 aromatic heterocycles. The summed E-state index contributed by atoms with van der Waals surface area (Å²) in [5.41, 5.74) is 2.13. The van der Waals surface area contributed by atoms with Crippen LogP contribution in [0.1, 0.15) is 23.5 Å². The van der Waals surface area contributed by atoms with Crippen molar-refractivity contribution < 1.29 is 9.90 Å². The highest BCUT2D eigenvalue weighted by atomic mass is 35.5. The van der Waals surface area contributed by atoms with E-state index in [4.69, 9.17) is 11.6 Å². The molecule has 1 N–H and O–H groups in total. The summed E-state index contributed by atoms with van der Waals surface area (Å²) in [6.07, 6.45) is 0.833. The number of carbonyl (C=O) groups excluding carboxylic acids is 1. The van der Waals surface area contributed by atoms with Gasteiger partial charge < -0.3 is 10.0 Å². The van der Waals surface area contributed by atoms with Gasteiger partial charge in [0, 0.05) is 24.0 Å². The van der Waals surface area contributed by atoms with Crippen molar-refractivity contribution in [2.75, 3.05) is 13.2 Å². The molecule has 1 aliphatic rings. The lowest BCUT2D eigenvalue weighted by Crippen LogP contribution is -2.34. The molecule has 0 saturated heterocycles. The Morgan fingerprint density at radius 3 is 2.52 bits per heavy atom. The van der Waals surface area contributed by atoms with Gasteiger partial charge in [-0.3, -0.25) is 4.79 Å². The van der Waals surface area contributed by atoms with Crippen molar-refractivity contribution in [3.63, 3.8) is 0 Å². The normalized spacial score (nSPS) is 19.4. The molecule has 0 spiro atoms. The molecule has 0 heterocycles. The van der Waals surface area contributed by atoms with Crippen LogP contribution in [0.15, 0.2) is 54.6 Å². The summed E-state index contributed by atoms with van der Waals surface area (Å²) in [5.74, 6) is 0.283. The van der Waals surface area contributed by atoms with E-state index in [1.165, 1.54) is 0 Å². The van der Waals surface area contributed by atoms with Gasteiger partial charge in [0.15, 0.2) is 0 Å². The van der Waals surface area contributed by atoms with Crippen LogP contribution in [0.5, 0.6) is 0 Å². The quantitative estimate of drug-likeness (QED) is 0.881. The van der Waals surface area contributed by atoms with Gasteiger partial charge in [0.1, 0.15) is 0 Å². The second-order valence-electron chi connectivity index (χ2n) is 5.94. The highest BCUT2D eigenvalue weighted by Gasteiger charge is 2.46. The zero-order valence-electron chi connectivity index (χ0n) is 12.9. The summed E-state index contributed by atoms with van der Waals surface area (Å²) in [4.78, 5) is 14.5. The van der Waals surface area contributed by atoms with E-state index in [1.807, 2.05) is 54.6 Å². The molecule has 2 unspecified atom stereocenters. The number of carbonyl (C=O) groups is 1. The van der Waals surface area contributed by atoms with Gasteiger partial charge in [0.25, 0.3) is 0 Å². The molecular formula is C19H20ClNO2. The van der Waals surface area contributed by atoms with E-state index in [-0.39, 0.29) is 24.3 Å². The zero-order valence-corrected chi connectivity index (χ0v) is 13.6. The lowest BCUT2D eigenvalue weighted by atomic mass is 10.1. The fourth-order valence-corrected chi connectivity index (χ4v) is 3.29. The van der Waals surface area contributed by atoms with Gasteiger partial charge in [-0.25, -0.2) is 0 Å². The monoisotopic (exact) mass is 329 g/mol. The van der Waals surface area contributed by atoms with E-state index < -0.39 is 0 Å². The molecule has 0 aliphatic heterocycles. The van der Waals surface area contributed by atoms with Crippen molar-refractivity contribution in [2.45, 2.75) is 18.9 Å². The summed E-state index contributed by atoms with van der Waals surface area (Å²) in [6.45, 7) is 0.869. The highest BCUT2D eigenvalue weighted by molar-refractivity contribution is 6.31. The van der Waals surface area contributed by atoms with Crippen LogP contribution >= 0.6 is 11.6 Å². The van der Waals surface area contributed by atoms with Gasteiger partial charge in [0.2, 0.25) is 5.91 Å². The fraction of sp³-hybridized carbons (Fsp3) is 0.316. The SMILES string of the molecule is O=C(C1CC1c1ccccc1Cl)N(CCO)Cc1ccccc1. The Morgan fingerprint density at radius 1 is 1.13 bits per heavy atom. The first-order chi connectivity index (χ1) is 11.2. The van der Waals surface area contributed by atoms with Crippen LogP contribution in [0.2, 0.25) is 5.02 Å². The van der Waals surface area contributed by atoms with Crippen LogP contribution in [0.4, 0.5) is 0 Å². The summed E-state index contributed by atoms with van der Waals surface area (Å²) in [7, 11) is 0. The van der Waals surface area contributed by atoms with Gasteiger partial charge in [0.05, 0.1) is 6.61 Å². The highest BCUT2D eigenvalue weighted by Crippen LogP contribution is 2.50. The molecule has 3 nitrogen and oxygen atoms in total. The molecule has 120 valence electrons. The van der Waals surface area contributed by atoms with E-state index in [1.54, 1.807) is 4.90 Å². The molecule has 1 fully saturated rings. The van der Waals surface area contributed by atoms with Gasteiger partial charge in [-0.1, -0.05) is 60.1 Å². The number of aliphatic hydroxyl groups is 1. The molecule has 2 aromatic rings. The van der Waals surface area contributed by atoms with Crippen LogP contribution in [0.3, 0.4) is 0 Å². The predicted octanol–water partition coefficient (Wildman–Crippen LogP) is 3.46. The maximum absolute atomic E-state index is 12.8. The molecule has 1 saturated carbocycles. The third-order valence-electron chi connectivity index (χ3n) is 4.31. The smallest absolute Gasteiger partial charge is 0.226 e. The van der Waals surface area contributed by atoms with E-state index in [0.29, 0.717) is 13.1 Å². The molecule has 1 aliphatic carbocycles. The molecule has 23 heavy (non-hydrogen) atoms. The van der Waals surface area contributed by atoms with Gasteiger partial charge in [-0.05, 0) is 29.5 Å². The minimum Gasteiger partial charge on any atom is -0.395 e. The average Bonchev–Trinajstić information content (AvgIpc) is 3.36. The number of halogens is 1. The number of aliphatic hydroxyl groups excluding tert-OH is 1. The number of amides is 1. The van der Waals surface area contributed by atoms with Crippen molar-refractivity contribution in [1.82, 2.24) is 4.90 Å². The van der Waals surface area contributed by atoms with Gasteiger partial charge >= 0.3 is 0 Å². The molecule has 4 heteroatoms. The second kappa shape index (κ2) is 7.16. The van der Waals surface area contributed by atoms with Crippen molar-refractivity contribution in [3.8, 4) is 0 Å². The second-order valence-corrected chi connectivity index (χ2v) is 6.35. The number of hydrogen-bond donors (Lipinski definition) is 1. The predicted molar refractivity (Wildman–Crippen MR) is 91.2 cm³/mol. The molecule has 3 rings (SSSR count). The van der Waals surface area contributed by atoms with Crippen molar-refractivity contribution in [1.29, 1.82) is 0 Å². The minimum absolute atomic E-state index is 0.0230. The van der Waals surface area contributed by atoms with Gasteiger partial charge in [-0.2, -0.15) is 0 Å². The van der Waals surface area contributed by atoms with Gasteiger partial charge in [-0.15, -0.1) is 0 Å². The summed E-state index contributed by atoms with van der Waals surface area (Å²) >= 11 is 6.23. The van der Waals surface area contributed by atoms with Crippen LogP contribution in [0, 0.1) is 5.92 Å². The van der Waals surface area contributed by atoms with E-state index >= 15 is 0 Å². The third-order valence-corrected chi connectivity index (χ3v) is 4.65. The first kappa shape index (κ1) is 16.0. The lowest BCUT2D eigenvalue weighted by molar-refractivity contribution is -0.133. The Balaban J connectivity index is 1.69. The molecule has 2 aromatic carbocycles. The molecule has 0 radical (unpaired) electrons. The topological polar surface area (TPSA) is 40.5 Å². The number of nitrogens with zero attached hydrogens (tertiary/aromatic N) is 1. The number of hydrogen-bond acceptors (Lipinski definition) is 2. The summed E-state index contributed by atoms with van der Waals surface area (Å²) < 4.78 is 0. The van der Waals surface area contributed by atoms with Crippen LogP contribution < -0.4 is 0 Å². The zero-order chi connectivity index (χ0) is 16.2. The Labute approximate surface area is 141 Å². The van der Waals surface area contributed by atoms with Crippen LogP contribution in [-0.4, -0.2) is 29.1 Å². The lowest BCUT2D eigenvalue weighted by Gasteiger charge is -2.22. The first-order valence-corrected chi connectivity index (χ1v) is 8.26. The minimum atomic E-state index is -0.0257. The third kappa shape index (κ3) is 3.74. The molecular weight excluding hydrogens is 310 g/mol. The van der Waals surface area contributed by atoms with Crippen molar-refractivity contribution >= 4 is 17.5 Å². The Morgan fingerprint density at radius 2 is 1.83 bits per heavy atom. The Bertz CT molecular complexity index is 674. The molecule has 1 amide bonds. The molecule has 0 bridgehead atoms. The summed E-state index contributed by atoms with van der Waals surface area (Å²) in [5, 5.41) is 10.0. The Hall–Kier alpha value is -1.84.